The Balaban J connectivity index is 4.17. The quantitative estimate of drug-likeness (QED) is 0.0261. The van der Waals surface area contributed by atoms with Gasteiger partial charge in [0.25, 0.3) is 0 Å². The summed E-state index contributed by atoms with van der Waals surface area (Å²) in [6.45, 7) is 6.52. The third-order valence-electron chi connectivity index (χ3n) is 15.4. The standard InChI is InChI=1S/C75H132O6/c1-4-7-10-13-16-19-22-25-27-29-30-31-32-33-34-35-36-37-38-39-40-41-42-43-44-46-47-50-53-56-59-62-65-68-74(77)80-71-72(70-79-73(76)67-64-61-58-55-52-49-24-21-18-15-12-9-6-3)81-75(78)69-66-63-60-57-54-51-48-45-28-26-23-20-17-14-11-8-5-2/h9,12,18,21-22,25-26,28-30,32-33,49,52,72H,4-8,10-11,13-17,19-20,23-24,27,31,34-48,50-51,53-71H2,1-3H3/b12-9-,21-18-,25-22-,28-26-,30-29-,33-32-,52-49-. The molecule has 0 spiro atoms. The molecule has 0 aromatic carbocycles. The lowest BCUT2D eigenvalue weighted by molar-refractivity contribution is -0.167. The average Bonchev–Trinajstić information content (AvgIpc) is 3.46. The molecule has 0 fully saturated rings. The van der Waals surface area contributed by atoms with E-state index in [1.54, 1.807) is 0 Å². The molecule has 1 atom stereocenters. The van der Waals surface area contributed by atoms with Crippen LogP contribution >= 0.6 is 0 Å². The predicted octanol–water partition coefficient (Wildman–Crippen LogP) is 24.2. The van der Waals surface area contributed by atoms with E-state index in [2.05, 4.69) is 106 Å². The van der Waals surface area contributed by atoms with Gasteiger partial charge in [0, 0.05) is 19.3 Å². The van der Waals surface area contributed by atoms with Crippen molar-refractivity contribution >= 4 is 17.9 Å². The lowest BCUT2D eigenvalue weighted by atomic mass is 10.0. The van der Waals surface area contributed by atoms with Gasteiger partial charge < -0.3 is 14.2 Å². The molecule has 0 aliphatic heterocycles. The Morgan fingerprint density at radius 3 is 0.778 bits per heavy atom. The zero-order valence-corrected chi connectivity index (χ0v) is 53.8. The van der Waals surface area contributed by atoms with Crippen LogP contribution in [0.15, 0.2) is 85.1 Å². The Bertz CT molecular complexity index is 1530. The summed E-state index contributed by atoms with van der Waals surface area (Å²) in [6, 6.07) is 0. The maximum absolute atomic E-state index is 12.9. The van der Waals surface area contributed by atoms with Gasteiger partial charge in [0.2, 0.25) is 0 Å². The summed E-state index contributed by atoms with van der Waals surface area (Å²) in [5, 5.41) is 0. The van der Waals surface area contributed by atoms with Crippen LogP contribution in [-0.4, -0.2) is 37.2 Å². The molecular weight excluding hydrogens is 997 g/mol. The second kappa shape index (κ2) is 69.1. The number of ether oxygens (including phenoxy) is 3. The highest BCUT2D eigenvalue weighted by molar-refractivity contribution is 5.71. The summed E-state index contributed by atoms with van der Waals surface area (Å²) in [4.78, 5) is 38.3. The van der Waals surface area contributed by atoms with Crippen LogP contribution in [0.4, 0.5) is 0 Å². The van der Waals surface area contributed by atoms with Crippen molar-refractivity contribution in [2.75, 3.05) is 13.2 Å². The Labute approximate surface area is 503 Å². The second-order valence-corrected chi connectivity index (χ2v) is 23.4. The number of unbranched alkanes of at least 4 members (excludes halogenated alkanes) is 39. The van der Waals surface area contributed by atoms with Gasteiger partial charge in [0.05, 0.1) is 0 Å². The molecule has 0 aliphatic rings. The smallest absolute Gasteiger partial charge is 0.306 e. The molecule has 0 saturated carbocycles. The van der Waals surface area contributed by atoms with Crippen molar-refractivity contribution in [3.63, 3.8) is 0 Å². The van der Waals surface area contributed by atoms with Crippen LogP contribution in [0.3, 0.4) is 0 Å². The molecule has 6 nitrogen and oxygen atoms in total. The summed E-state index contributed by atoms with van der Waals surface area (Å²) >= 11 is 0. The fourth-order valence-corrected chi connectivity index (χ4v) is 10.1. The number of esters is 3. The number of hydrogen-bond acceptors (Lipinski definition) is 6. The third-order valence-corrected chi connectivity index (χ3v) is 15.4. The highest BCUT2D eigenvalue weighted by Crippen LogP contribution is 2.17. The van der Waals surface area contributed by atoms with Gasteiger partial charge in [-0.3, -0.25) is 14.4 Å². The lowest BCUT2D eigenvalue weighted by Gasteiger charge is -2.18. The molecular formula is C75H132O6. The van der Waals surface area contributed by atoms with E-state index in [9.17, 15) is 14.4 Å². The minimum absolute atomic E-state index is 0.0847. The van der Waals surface area contributed by atoms with Gasteiger partial charge in [0.1, 0.15) is 13.2 Å². The predicted molar refractivity (Wildman–Crippen MR) is 353 cm³/mol. The van der Waals surface area contributed by atoms with E-state index in [4.69, 9.17) is 14.2 Å². The van der Waals surface area contributed by atoms with Crippen molar-refractivity contribution in [1.29, 1.82) is 0 Å². The monoisotopic (exact) mass is 1130 g/mol. The molecule has 0 N–H and O–H groups in total. The molecule has 468 valence electrons. The van der Waals surface area contributed by atoms with Crippen LogP contribution in [0, 0.1) is 0 Å². The van der Waals surface area contributed by atoms with E-state index in [1.165, 1.54) is 218 Å². The minimum atomic E-state index is -0.791. The first-order chi connectivity index (χ1) is 40.0. The third kappa shape index (κ3) is 67.3. The van der Waals surface area contributed by atoms with Crippen molar-refractivity contribution in [1.82, 2.24) is 0 Å². The first-order valence-corrected chi connectivity index (χ1v) is 35.1. The zero-order valence-electron chi connectivity index (χ0n) is 53.8. The molecule has 0 rings (SSSR count). The van der Waals surface area contributed by atoms with Gasteiger partial charge >= 0.3 is 17.9 Å². The van der Waals surface area contributed by atoms with Crippen LogP contribution in [0.1, 0.15) is 355 Å². The highest BCUT2D eigenvalue weighted by atomic mass is 16.6. The summed E-state index contributed by atoms with van der Waals surface area (Å²) in [6.07, 6.45) is 92.0. The van der Waals surface area contributed by atoms with E-state index in [-0.39, 0.29) is 31.1 Å². The van der Waals surface area contributed by atoms with E-state index in [0.29, 0.717) is 19.3 Å². The first-order valence-electron chi connectivity index (χ1n) is 35.1. The molecule has 0 saturated heterocycles. The molecule has 0 bridgehead atoms. The fourth-order valence-electron chi connectivity index (χ4n) is 10.1. The topological polar surface area (TPSA) is 78.9 Å². The van der Waals surface area contributed by atoms with Crippen LogP contribution in [-0.2, 0) is 28.6 Å². The van der Waals surface area contributed by atoms with Crippen molar-refractivity contribution in [2.24, 2.45) is 0 Å². The Morgan fingerprint density at radius 1 is 0.259 bits per heavy atom. The lowest BCUT2D eigenvalue weighted by Crippen LogP contribution is -2.30. The Morgan fingerprint density at radius 2 is 0.481 bits per heavy atom. The van der Waals surface area contributed by atoms with Gasteiger partial charge in [-0.2, -0.15) is 0 Å². The molecule has 81 heavy (non-hydrogen) atoms. The van der Waals surface area contributed by atoms with Gasteiger partial charge in [-0.15, -0.1) is 0 Å². The van der Waals surface area contributed by atoms with Crippen molar-refractivity contribution in [2.45, 2.75) is 361 Å². The average molecular weight is 1130 g/mol. The van der Waals surface area contributed by atoms with Crippen molar-refractivity contribution in [3.05, 3.63) is 85.1 Å². The number of carbonyl (C=O) groups is 3. The van der Waals surface area contributed by atoms with Gasteiger partial charge in [-0.05, 0) is 116 Å². The zero-order chi connectivity index (χ0) is 58.5. The van der Waals surface area contributed by atoms with Crippen LogP contribution in [0.2, 0.25) is 0 Å². The van der Waals surface area contributed by atoms with E-state index >= 15 is 0 Å². The highest BCUT2D eigenvalue weighted by Gasteiger charge is 2.19. The Kier molecular flexibility index (Phi) is 66.2. The molecule has 0 aromatic heterocycles. The van der Waals surface area contributed by atoms with Gasteiger partial charge in [0.15, 0.2) is 6.10 Å². The van der Waals surface area contributed by atoms with Gasteiger partial charge in [-0.25, -0.2) is 0 Å². The van der Waals surface area contributed by atoms with Crippen LogP contribution in [0.25, 0.3) is 0 Å². The normalized spacial score (nSPS) is 12.6. The van der Waals surface area contributed by atoms with Crippen molar-refractivity contribution in [3.8, 4) is 0 Å². The minimum Gasteiger partial charge on any atom is -0.462 e. The first kappa shape index (κ1) is 77.6. The summed E-state index contributed by atoms with van der Waals surface area (Å²) in [7, 11) is 0. The molecule has 0 amide bonds. The van der Waals surface area contributed by atoms with Crippen molar-refractivity contribution < 1.29 is 28.6 Å². The summed E-state index contributed by atoms with van der Waals surface area (Å²) < 4.78 is 16.9. The number of rotatable bonds is 64. The molecule has 0 aromatic rings. The number of hydrogen-bond donors (Lipinski definition) is 0. The maximum Gasteiger partial charge on any atom is 0.306 e. The summed E-state index contributed by atoms with van der Waals surface area (Å²) in [5.74, 6) is -0.904. The van der Waals surface area contributed by atoms with Gasteiger partial charge in [-0.1, -0.05) is 305 Å². The maximum atomic E-state index is 12.9. The molecule has 0 radical (unpaired) electrons. The summed E-state index contributed by atoms with van der Waals surface area (Å²) in [5.41, 5.74) is 0. The largest absolute Gasteiger partial charge is 0.462 e. The second-order valence-electron chi connectivity index (χ2n) is 23.4. The number of carbonyl (C=O) groups excluding carboxylic acids is 3. The van der Waals surface area contributed by atoms with Crippen LogP contribution < -0.4 is 0 Å². The SMILES string of the molecule is CC/C=C\C/C=C\C/C=C\CCCCCC(=O)OCC(COC(=O)CCCCCCCCCCCCCCCCCCCC/C=C\C/C=C\C/C=C\CCCCCCC)OC(=O)CCCCCCCCC/C=C\CCCCCCCC. The fraction of sp³-hybridized carbons (Fsp3) is 0.773. The molecule has 1 unspecified atom stereocenters. The molecule has 0 aliphatic carbocycles. The Hall–Kier alpha value is -3.41. The van der Waals surface area contributed by atoms with E-state index in [1.807, 2.05) is 0 Å². The number of allylic oxidation sites excluding steroid dienone is 14. The van der Waals surface area contributed by atoms with E-state index < -0.39 is 6.10 Å². The van der Waals surface area contributed by atoms with Crippen LogP contribution in [0.5, 0.6) is 0 Å². The van der Waals surface area contributed by atoms with E-state index in [0.717, 1.165) is 96.3 Å². The molecule has 0 heterocycles. The molecule has 6 heteroatoms.